The summed E-state index contributed by atoms with van der Waals surface area (Å²) in [6.07, 6.45) is 3.12. The van der Waals surface area contributed by atoms with E-state index < -0.39 is 6.10 Å². The number of rotatable bonds is 6. The molecule has 0 aliphatic heterocycles. The van der Waals surface area contributed by atoms with Crippen molar-refractivity contribution in [2.45, 2.75) is 39.3 Å². The largest absolute Gasteiger partial charge is 0.392 e. The molecule has 22 heavy (non-hydrogen) atoms. The summed E-state index contributed by atoms with van der Waals surface area (Å²) >= 11 is 0. The van der Waals surface area contributed by atoms with Gasteiger partial charge in [0.2, 0.25) is 5.91 Å². The lowest BCUT2D eigenvalue weighted by molar-refractivity contribution is -0.124. The molecule has 2 N–H and O–H groups in total. The molecule has 0 saturated carbocycles. The van der Waals surface area contributed by atoms with Gasteiger partial charge < -0.3 is 10.4 Å². The third kappa shape index (κ3) is 4.18. The van der Waals surface area contributed by atoms with Gasteiger partial charge in [-0.2, -0.15) is 5.10 Å². The number of nitrogens with zero attached hydrogens (tertiary/aromatic N) is 2. The maximum absolute atomic E-state index is 12.0. The Morgan fingerprint density at radius 1 is 1.32 bits per heavy atom. The molecular formula is C17H23N3O2. The minimum absolute atomic E-state index is 0.0733. The van der Waals surface area contributed by atoms with Crippen LogP contribution in [0.5, 0.6) is 0 Å². The number of carbonyl (C=O) groups excluding carboxylic acids is 1. The van der Waals surface area contributed by atoms with Gasteiger partial charge in [0.05, 0.1) is 24.3 Å². The maximum atomic E-state index is 12.0. The Labute approximate surface area is 131 Å². The van der Waals surface area contributed by atoms with Crippen LogP contribution in [0.3, 0.4) is 0 Å². The van der Waals surface area contributed by atoms with Crippen molar-refractivity contribution in [2.75, 3.05) is 0 Å². The van der Waals surface area contributed by atoms with E-state index >= 15 is 0 Å². The Balaban J connectivity index is 2.02. The SMILES string of the molecule is CC(NC(=O)CC(O)C(C)C)c1cccc(-n2cccn2)c1. The predicted octanol–water partition coefficient (Wildman–Crippen LogP) is 2.46. The van der Waals surface area contributed by atoms with Crippen LogP contribution in [-0.4, -0.2) is 26.9 Å². The topological polar surface area (TPSA) is 67.2 Å². The van der Waals surface area contributed by atoms with E-state index in [0.717, 1.165) is 11.3 Å². The molecule has 1 aromatic heterocycles. The fourth-order valence-corrected chi connectivity index (χ4v) is 2.17. The van der Waals surface area contributed by atoms with Crippen molar-refractivity contribution in [3.63, 3.8) is 0 Å². The second kappa shape index (κ2) is 7.22. The van der Waals surface area contributed by atoms with Gasteiger partial charge in [-0.1, -0.05) is 26.0 Å². The maximum Gasteiger partial charge on any atom is 0.223 e. The van der Waals surface area contributed by atoms with Gasteiger partial charge in [0, 0.05) is 12.4 Å². The Morgan fingerprint density at radius 3 is 2.73 bits per heavy atom. The van der Waals surface area contributed by atoms with E-state index in [9.17, 15) is 9.90 Å². The lowest BCUT2D eigenvalue weighted by atomic mass is 10.0. The summed E-state index contributed by atoms with van der Waals surface area (Å²) in [7, 11) is 0. The minimum Gasteiger partial charge on any atom is -0.392 e. The molecule has 1 heterocycles. The first kappa shape index (κ1) is 16.2. The van der Waals surface area contributed by atoms with Crippen molar-refractivity contribution < 1.29 is 9.90 Å². The molecule has 2 aromatic rings. The Kier molecular flexibility index (Phi) is 5.33. The number of benzene rings is 1. The van der Waals surface area contributed by atoms with Gasteiger partial charge in [-0.15, -0.1) is 0 Å². The number of hydrogen-bond acceptors (Lipinski definition) is 3. The van der Waals surface area contributed by atoms with Crippen molar-refractivity contribution in [3.8, 4) is 5.69 Å². The van der Waals surface area contributed by atoms with Gasteiger partial charge in [-0.3, -0.25) is 4.79 Å². The number of aliphatic hydroxyl groups is 1. The predicted molar refractivity (Wildman–Crippen MR) is 85.6 cm³/mol. The van der Waals surface area contributed by atoms with Crippen molar-refractivity contribution in [3.05, 3.63) is 48.3 Å². The molecule has 2 rings (SSSR count). The molecule has 0 saturated heterocycles. The van der Waals surface area contributed by atoms with E-state index in [1.807, 2.05) is 57.3 Å². The van der Waals surface area contributed by atoms with Crippen LogP contribution in [0, 0.1) is 5.92 Å². The average Bonchev–Trinajstić information content (AvgIpc) is 3.01. The quantitative estimate of drug-likeness (QED) is 0.861. The van der Waals surface area contributed by atoms with Gasteiger partial charge in [-0.05, 0) is 36.6 Å². The normalized spacial score (nSPS) is 13.9. The van der Waals surface area contributed by atoms with E-state index in [1.54, 1.807) is 10.9 Å². The van der Waals surface area contributed by atoms with Gasteiger partial charge in [0.15, 0.2) is 0 Å². The van der Waals surface area contributed by atoms with Crippen LogP contribution >= 0.6 is 0 Å². The molecule has 0 fully saturated rings. The molecule has 1 amide bonds. The summed E-state index contributed by atoms with van der Waals surface area (Å²) in [6.45, 7) is 5.73. The fourth-order valence-electron chi connectivity index (χ4n) is 2.17. The van der Waals surface area contributed by atoms with Crippen LogP contribution < -0.4 is 5.32 Å². The highest BCUT2D eigenvalue weighted by atomic mass is 16.3. The van der Waals surface area contributed by atoms with Crippen molar-refractivity contribution in [1.29, 1.82) is 0 Å². The summed E-state index contributed by atoms with van der Waals surface area (Å²) in [4.78, 5) is 12.0. The van der Waals surface area contributed by atoms with Crippen LogP contribution in [0.15, 0.2) is 42.7 Å². The number of aromatic nitrogens is 2. The highest BCUT2D eigenvalue weighted by Gasteiger charge is 2.16. The molecule has 2 atom stereocenters. The summed E-state index contributed by atoms with van der Waals surface area (Å²) in [6, 6.07) is 9.62. The third-order valence-corrected chi connectivity index (χ3v) is 3.68. The van der Waals surface area contributed by atoms with Gasteiger partial charge >= 0.3 is 0 Å². The molecule has 2 unspecified atom stereocenters. The number of amides is 1. The van der Waals surface area contributed by atoms with Crippen molar-refractivity contribution >= 4 is 5.91 Å². The second-order valence-corrected chi connectivity index (χ2v) is 5.85. The Bertz CT molecular complexity index is 608. The van der Waals surface area contributed by atoms with Crippen LogP contribution in [-0.2, 0) is 4.79 Å². The van der Waals surface area contributed by atoms with E-state index in [1.165, 1.54) is 0 Å². The molecule has 0 aliphatic rings. The first-order valence-electron chi connectivity index (χ1n) is 7.54. The van der Waals surface area contributed by atoms with Crippen molar-refractivity contribution in [2.24, 2.45) is 5.92 Å². The minimum atomic E-state index is -0.609. The van der Waals surface area contributed by atoms with E-state index in [2.05, 4.69) is 10.4 Å². The summed E-state index contributed by atoms with van der Waals surface area (Å²) < 4.78 is 1.78. The highest BCUT2D eigenvalue weighted by Crippen LogP contribution is 2.17. The summed E-state index contributed by atoms with van der Waals surface area (Å²) in [5.41, 5.74) is 1.95. The second-order valence-electron chi connectivity index (χ2n) is 5.85. The zero-order valence-electron chi connectivity index (χ0n) is 13.2. The summed E-state index contributed by atoms with van der Waals surface area (Å²) in [5, 5.41) is 16.9. The van der Waals surface area contributed by atoms with Gasteiger partial charge in [0.1, 0.15) is 0 Å². The molecule has 1 aromatic carbocycles. The molecule has 5 heteroatoms. The van der Waals surface area contributed by atoms with Crippen molar-refractivity contribution in [1.82, 2.24) is 15.1 Å². The summed E-state index contributed by atoms with van der Waals surface area (Å²) in [5.74, 6) is -0.0672. The Hall–Kier alpha value is -2.14. The molecular weight excluding hydrogens is 278 g/mol. The van der Waals surface area contributed by atoms with Gasteiger partial charge in [-0.25, -0.2) is 4.68 Å². The molecule has 0 aliphatic carbocycles. The molecule has 5 nitrogen and oxygen atoms in total. The number of nitrogens with one attached hydrogen (secondary N) is 1. The zero-order valence-corrected chi connectivity index (χ0v) is 13.2. The van der Waals surface area contributed by atoms with E-state index in [0.29, 0.717) is 0 Å². The number of carbonyl (C=O) groups is 1. The van der Waals surface area contributed by atoms with Gasteiger partial charge in [0.25, 0.3) is 0 Å². The van der Waals surface area contributed by atoms with Crippen LogP contribution in [0.2, 0.25) is 0 Å². The molecule has 0 spiro atoms. The number of hydrogen-bond donors (Lipinski definition) is 2. The van der Waals surface area contributed by atoms with E-state index in [-0.39, 0.29) is 24.3 Å². The lowest BCUT2D eigenvalue weighted by Crippen LogP contribution is -2.31. The molecule has 118 valence electrons. The van der Waals surface area contributed by atoms with Crippen LogP contribution in [0.1, 0.15) is 38.8 Å². The lowest BCUT2D eigenvalue weighted by Gasteiger charge is -2.18. The van der Waals surface area contributed by atoms with Crippen LogP contribution in [0.25, 0.3) is 5.69 Å². The monoisotopic (exact) mass is 301 g/mol. The third-order valence-electron chi connectivity index (χ3n) is 3.68. The standard InChI is InChI=1S/C17H23N3O2/c1-12(2)16(21)11-17(22)19-13(3)14-6-4-7-15(10-14)20-9-5-8-18-20/h4-10,12-13,16,21H,11H2,1-3H3,(H,19,22). The zero-order chi connectivity index (χ0) is 16.1. The fraction of sp³-hybridized carbons (Fsp3) is 0.412. The molecule has 0 bridgehead atoms. The molecule has 0 radical (unpaired) electrons. The highest BCUT2D eigenvalue weighted by molar-refractivity contribution is 5.77. The van der Waals surface area contributed by atoms with Crippen LogP contribution in [0.4, 0.5) is 0 Å². The van der Waals surface area contributed by atoms with E-state index in [4.69, 9.17) is 0 Å². The first-order valence-corrected chi connectivity index (χ1v) is 7.54. The first-order chi connectivity index (χ1) is 10.5. The Morgan fingerprint density at radius 2 is 2.09 bits per heavy atom. The average molecular weight is 301 g/mol. The smallest absolute Gasteiger partial charge is 0.223 e. The number of aliphatic hydroxyl groups excluding tert-OH is 1.